The van der Waals surface area contributed by atoms with E-state index in [1.54, 1.807) is 72.8 Å². The molecule has 34 heavy (non-hydrogen) atoms. The number of hydrogen-bond donors (Lipinski definition) is 0. The number of ketones is 2. The Kier molecular flexibility index (Phi) is 4.81. The van der Waals surface area contributed by atoms with Gasteiger partial charge in [-0.2, -0.15) is 0 Å². The van der Waals surface area contributed by atoms with Crippen molar-refractivity contribution in [3.8, 4) is 0 Å². The fraction of sp³-hybridized carbons (Fsp3) is 0.154. The zero-order valence-electron chi connectivity index (χ0n) is 17.4. The fourth-order valence-corrected chi connectivity index (χ4v) is 6.20. The van der Waals surface area contributed by atoms with Gasteiger partial charge < -0.3 is 4.74 Å². The second kappa shape index (κ2) is 7.56. The largest absolute Gasteiger partial charge is 0.349 e. The highest BCUT2D eigenvalue weighted by atomic mass is 127. The van der Waals surface area contributed by atoms with Crippen LogP contribution in [0.4, 0.5) is 5.69 Å². The highest BCUT2D eigenvalue weighted by Gasteiger charge is 2.74. The highest BCUT2D eigenvalue weighted by molar-refractivity contribution is 14.1. The van der Waals surface area contributed by atoms with Gasteiger partial charge in [-0.1, -0.05) is 60.1 Å². The van der Waals surface area contributed by atoms with E-state index in [4.69, 9.17) is 16.3 Å². The Morgan fingerprint density at radius 3 is 2.12 bits per heavy atom. The van der Waals surface area contributed by atoms with Crippen LogP contribution < -0.4 is 4.90 Å². The van der Waals surface area contributed by atoms with Gasteiger partial charge in [0, 0.05) is 19.7 Å². The minimum absolute atomic E-state index is 0.200. The molecule has 3 aromatic rings. The average Bonchev–Trinajstić information content (AvgIpc) is 3.40. The molecule has 2 amide bonds. The van der Waals surface area contributed by atoms with Crippen molar-refractivity contribution in [1.82, 2.24) is 0 Å². The Bertz CT molecular complexity index is 1400. The molecule has 0 aromatic heterocycles. The SMILES string of the molecule is O=C1[C@@H]2[C@@H](c3cccc(Cl)c3)OC3(C(=O)c4ccccc4C3=O)[C@@H]2C(=O)N1c1ccccc1I. The summed E-state index contributed by atoms with van der Waals surface area (Å²) in [5.74, 6) is -4.62. The van der Waals surface area contributed by atoms with Crippen molar-refractivity contribution in [3.05, 3.63) is 98.1 Å². The number of carbonyl (C=O) groups excluding carboxylic acids is 4. The molecule has 2 saturated heterocycles. The van der Waals surface area contributed by atoms with Gasteiger partial charge in [-0.25, -0.2) is 4.90 Å². The van der Waals surface area contributed by atoms with Gasteiger partial charge in [0.05, 0.1) is 23.6 Å². The van der Waals surface area contributed by atoms with E-state index < -0.39 is 46.9 Å². The van der Waals surface area contributed by atoms with Crippen molar-refractivity contribution in [1.29, 1.82) is 0 Å². The van der Waals surface area contributed by atoms with E-state index >= 15 is 0 Å². The number of fused-ring (bicyclic) bond motifs is 3. The molecule has 0 N–H and O–H groups in total. The lowest BCUT2D eigenvalue weighted by Gasteiger charge is -2.27. The first-order chi connectivity index (χ1) is 16.4. The van der Waals surface area contributed by atoms with Crippen molar-refractivity contribution in [2.45, 2.75) is 11.7 Å². The predicted molar refractivity (Wildman–Crippen MR) is 132 cm³/mol. The van der Waals surface area contributed by atoms with Crippen molar-refractivity contribution in [3.63, 3.8) is 0 Å². The molecule has 1 aliphatic carbocycles. The van der Waals surface area contributed by atoms with E-state index in [0.29, 0.717) is 19.8 Å². The second-order valence-electron chi connectivity index (χ2n) is 8.50. The van der Waals surface area contributed by atoms with E-state index in [-0.39, 0.29) is 11.1 Å². The number of rotatable bonds is 2. The summed E-state index contributed by atoms with van der Waals surface area (Å²) >= 11 is 8.26. The average molecular weight is 584 g/mol. The molecule has 3 aliphatic rings. The third kappa shape index (κ3) is 2.71. The Morgan fingerprint density at radius 2 is 1.47 bits per heavy atom. The molecule has 0 saturated carbocycles. The molecule has 3 atom stereocenters. The summed E-state index contributed by atoms with van der Waals surface area (Å²) in [5.41, 5.74) is -0.746. The Hall–Kier alpha value is -2.88. The third-order valence-corrected chi connectivity index (χ3v) is 7.94. The van der Waals surface area contributed by atoms with Crippen LogP contribution in [-0.4, -0.2) is 29.0 Å². The standard InChI is InChI=1S/C26H15ClINO5/c27-14-7-5-6-13(12-14)21-19-20(25(33)29(24(19)32)18-11-4-3-10-17(18)28)26(34-21)22(30)15-8-1-2-9-16(15)23(26)31/h1-12,19-21H/t19-,20-,21+/m0/s1. The number of hydrogen-bond acceptors (Lipinski definition) is 5. The molecular formula is C26H15ClINO5. The third-order valence-electron chi connectivity index (χ3n) is 6.79. The predicted octanol–water partition coefficient (Wildman–Crippen LogP) is 4.64. The van der Waals surface area contributed by atoms with E-state index in [9.17, 15) is 19.2 Å². The molecule has 2 aliphatic heterocycles. The molecule has 0 unspecified atom stereocenters. The maximum absolute atomic E-state index is 13.9. The minimum Gasteiger partial charge on any atom is -0.349 e. The summed E-state index contributed by atoms with van der Waals surface area (Å²) in [7, 11) is 0. The van der Waals surface area contributed by atoms with Gasteiger partial charge in [-0.05, 0) is 52.4 Å². The van der Waals surface area contributed by atoms with Gasteiger partial charge in [0.15, 0.2) is 0 Å². The van der Waals surface area contributed by atoms with Crippen molar-refractivity contribution < 1.29 is 23.9 Å². The number of carbonyl (C=O) groups is 4. The van der Waals surface area contributed by atoms with Gasteiger partial charge in [0.25, 0.3) is 0 Å². The van der Waals surface area contributed by atoms with Gasteiger partial charge in [0.2, 0.25) is 29.0 Å². The monoisotopic (exact) mass is 583 g/mol. The van der Waals surface area contributed by atoms with E-state index in [2.05, 4.69) is 22.6 Å². The molecule has 8 heteroatoms. The lowest BCUT2D eigenvalue weighted by molar-refractivity contribution is -0.127. The number of imide groups is 1. The normalized spacial score (nSPS) is 24.8. The number of Topliss-reactive ketones (excluding diaryl/α,β-unsaturated/α-hetero) is 2. The number of benzene rings is 3. The van der Waals surface area contributed by atoms with Crippen molar-refractivity contribution in [2.75, 3.05) is 4.90 Å². The summed E-state index contributed by atoms with van der Waals surface area (Å²) < 4.78 is 6.95. The number of amides is 2. The Morgan fingerprint density at radius 1 is 0.824 bits per heavy atom. The van der Waals surface area contributed by atoms with Crippen LogP contribution in [0.25, 0.3) is 0 Å². The first kappa shape index (κ1) is 21.6. The molecule has 0 radical (unpaired) electrons. The molecule has 2 fully saturated rings. The zero-order valence-corrected chi connectivity index (χ0v) is 20.3. The minimum atomic E-state index is -2.09. The Balaban J connectivity index is 1.57. The van der Waals surface area contributed by atoms with E-state index in [1.807, 2.05) is 0 Å². The quantitative estimate of drug-likeness (QED) is 0.250. The number of anilines is 1. The van der Waals surface area contributed by atoms with Crippen LogP contribution in [0.5, 0.6) is 0 Å². The number of para-hydroxylation sites is 1. The summed E-state index contributed by atoms with van der Waals surface area (Å²) in [6.07, 6.45) is -0.992. The maximum Gasteiger partial charge on any atom is 0.241 e. The second-order valence-corrected chi connectivity index (χ2v) is 10.1. The fourth-order valence-electron chi connectivity index (χ4n) is 5.37. The van der Waals surface area contributed by atoms with Crippen LogP contribution in [0.15, 0.2) is 72.8 Å². The summed E-state index contributed by atoms with van der Waals surface area (Å²) in [5, 5.41) is 0.414. The van der Waals surface area contributed by atoms with Gasteiger partial charge in [0.1, 0.15) is 0 Å². The molecule has 1 spiro atoms. The number of nitrogens with zero attached hydrogens (tertiary/aromatic N) is 1. The first-order valence-corrected chi connectivity index (χ1v) is 12.1. The smallest absolute Gasteiger partial charge is 0.241 e. The van der Waals surface area contributed by atoms with E-state index in [0.717, 1.165) is 4.90 Å². The van der Waals surface area contributed by atoms with Crippen LogP contribution in [0.1, 0.15) is 32.4 Å². The number of halogens is 2. The maximum atomic E-state index is 13.9. The van der Waals surface area contributed by atoms with Gasteiger partial charge >= 0.3 is 0 Å². The molecule has 0 bridgehead atoms. The molecular weight excluding hydrogens is 569 g/mol. The molecule has 6 nitrogen and oxygen atoms in total. The summed E-state index contributed by atoms with van der Waals surface area (Å²) in [6, 6.07) is 20.1. The molecule has 168 valence electrons. The highest BCUT2D eigenvalue weighted by Crippen LogP contribution is 2.58. The van der Waals surface area contributed by atoms with Crippen molar-refractivity contribution in [2.24, 2.45) is 11.8 Å². The van der Waals surface area contributed by atoms with Crippen LogP contribution in [0.3, 0.4) is 0 Å². The van der Waals surface area contributed by atoms with Crippen LogP contribution in [0.2, 0.25) is 5.02 Å². The number of ether oxygens (including phenoxy) is 1. The molecule has 3 aromatic carbocycles. The van der Waals surface area contributed by atoms with Crippen molar-refractivity contribution >= 4 is 63.3 Å². The Labute approximate surface area is 213 Å². The van der Waals surface area contributed by atoms with E-state index in [1.165, 1.54) is 0 Å². The van der Waals surface area contributed by atoms with Gasteiger partial charge in [-0.15, -0.1) is 0 Å². The molecule has 6 rings (SSSR count). The van der Waals surface area contributed by atoms with Crippen LogP contribution in [0, 0.1) is 15.4 Å². The zero-order chi connectivity index (χ0) is 23.8. The molecule has 2 heterocycles. The topological polar surface area (TPSA) is 80.8 Å². The summed E-state index contributed by atoms with van der Waals surface area (Å²) in [6.45, 7) is 0. The lowest BCUT2D eigenvalue weighted by atomic mass is 9.77. The van der Waals surface area contributed by atoms with Crippen LogP contribution in [-0.2, 0) is 14.3 Å². The summed E-state index contributed by atoms with van der Waals surface area (Å²) in [4.78, 5) is 56.2. The van der Waals surface area contributed by atoms with Crippen LogP contribution >= 0.6 is 34.2 Å². The first-order valence-electron chi connectivity index (χ1n) is 10.6. The van der Waals surface area contributed by atoms with Gasteiger partial charge in [-0.3, -0.25) is 19.2 Å². The lowest BCUT2D eigenvalue weighted by Crippen LogP contribution is -2.51.